The van der Waals surface area contributed by atoms with Crippen molar-refractivity contribution in [2.45, 2.75) is 19.1 Å². The summed E-state index contributed by atoms with van der Waals surface area (Å²) in [5.41, 5.74) is 4.63. The van der Waals surface area contributed by atoms with Gasteiger partial charge in [0.15, 0.2) is 5.75 Å². The summed E-state index contributed by atoms with van der Waals surface area (Å²) in [4.78, 5) is 21.2. The van der Waals surface area contributed by atoms with Crippen LogP contribution in [0.15, 0.2) is 16.6 Å². The van der Waals surface area contributed by atoms with E-state index in [-0.39, 0.29) is 29.1 Å². The number of benzene rings is 1. The number of esters is 1. The van der Waals surface area contributed by atoms with Crippen molar-refractivity contribution < 1.29 is 24.0 Å². The summed E-state index contributed by atoms with van der Waals surface area (Å²) in [7, 11) is 0. The molecule has 0 aliphatic heterocycles. The van der Waals surface area contributed by atoms with E-state index >= 15 is 0 Å². The van der Waals surface area contributed by atoms with E-state index in [4.69, 9.17) is 5.73 Å². The first kappa shape index (κ1) is 19.6. The van der Waals surface area contributed by atoms with Crippen LogP contribution >= 0.6 is 28.3 Å². The van der Waals surface area contributed by atoms with E-state index in [1.165, 1.54) is 13.0 Å². The van der Waals surface area contributed by atoms with Crippen molar-refractivity contribution >= 4 is 40.0 Å². The molecule has 3 N–H and O–H groups in total. The lowest BCUT2D eigenvalue weighted by atomic mass is 10.0. The normalized spacial score (nSPS) is 13.0. The van der Waals surface area contributed by atoms with Gasteiger partial charge >= 0.3 is 11.7 Å². The van der Waals surface area contributed by atoms with Crippen molar-refractivity contribution in [2.24, 2.45) is 5.73 Å². The Balaban J connectivity index is 0.00000400. The number of phenols is 1. The number of carbonyl (C=O) groups excluding carboxylic acids is 1. The van der Waals surface area contributed by atoms with Crippen LogP contribution in [0.25, 0.3) is 0 Å². The summed E-state index contributed by atoms with van der Waals surface area (Å²) in [5.74, 6) is -1.97. The minimum Gasteiger partial charge on any atom is -0.502 e. The Bertz CT molecular complexity index is 546. The van der Waals surface area contributed by atoms with Crippen LogP contribution in [0.5, 0.6) is 5.75 Å². The number of aromatic hydroxyl groups is 1. The van der Waals surface area contributed by atoms with Gasteiger partial charge in [-0.1, -0.05) is 15.9 Å². The van der Waals surface area contributed by atoms with Gasteiger partial charge in [-0.25, -0.2) is 9.18 Å². The molecule has 10 heteroatoms. The van der Waals surface area contributed by atoms with Crippen LogP contribution in [0.3, 0.4) is 0 Å². The van der Waals surface area contributed by atoms with Crippen LogP contribution in [0.4, 0.5) is 10.1 Å². The summed E-state index contributed by atoms with van der Waals surface area (Å²) >= 11 is 2.99. The topological polar surface area (TPSA) is 116 Å². The molecule has 1 rings (SSSR count). The second-order valence-corrected chi connectivity index (χ2v) is 4.72. The maximum atomic E-state index is 13.8. The zero-order valence-corrected chi connectivity index (χ0v) is 13.2. The number of hydrogen-bond acceptors (Lipinski definition) is 6. The first-order valence-corrected chi connectivity index (χ1v) is 6.32. The summed E-state index contributed by atoms with van der Waals surface area (Å²) in [6.07, 6.45) is -2.24. The Labute approximate surface area is 134 Å². The first-order chi connectivity index (χ1) is 9.29. The molecule has 1 aromatic rings. The van der Waals surface area contributed by atoms with E-state index in [9.17, 15) is 24.4 Å². The molecular weight excluding hydrogens is 374 g/mol. The molecule has 0 aromatic heterocycles. The maximum Gasteiger partial charge on any atom is 0.342 e. The number of rotatable bonds is 5. The summed E-state index contributed by atoms with van der Waals surface area (Å²) in [6, 6.07) is 0.673. The van der Waals surface area contributed by atoms with Crippen LogP contribution in [-0.2, 0) is 9.53 Å². The number of halogens is 3. The van der Waals surface area contributed by atoms with Crippen LogP contribution in [-0.4, -0.2) is 28.8 Å². The zero-order valence-electron chi connectivity index (χ0n) is 10.8. The van der Waals surface area contributed by atoms with Gasteiger partial charge < -0.3 is 15.6 Å². The molecule has 21 heavy (non-hydrogen) atoms. The lowest BCUT2D eigenvalue weighted by Crippen LogP contribution is -2.31. The Hall–Kier alpha value is -1.45. The van der Waals surface area contributed by atoms with Crippen molar-refractivity contribution in [2.75, 3.05) is 6.61 Å². The van der Waals surface area contributed by atoms with Gasteiger partial charge in [0.05, 0.1) is 17.6 Å². The molecule has 0 saturated heterocycles. The number of ether oxygens (including phenoxy) is 1. The third-order valence-corrected chi connectivity index (χ3v) is 2.92. The molecule has 118 valence electrons. The highest BCUT2D eigenvalue weighted by Crippen LogP contribution is 2.37. The monoisotopic (exact) mass is 386 g/mol. The van der Waals surface area contributed by atoms with Crippen molar-refractivity contribution in [3.8, 4) is 5.75 Å². The molecule has 0 heterocycles. The van der Waals surface area contributed by atoms with E-state index in [0.717, 1.165) is 6.07 Å². The second-order valence-electron chi connectivity index (χ2n) is 3.80. The molecule has 0 fully saturated rings. The fourth-order valence-corrected chi connectivity index (χ4v) is 1.99. The quantitative estimate of drug-likeness (QED) is 0.455. The number of nitrogens with zero attached hydrogens (tertiary/aromatic N) is 1. The molecule has 7 nitrogen and oxygen atoms in total. The molecular formula is C11H13BrClFN2O5. The number of nitro benzene ring substituents is 1. The summed E-state index contributed by atoms with van der Waals surface area (Å²) < 4.78 is 18.5. The number of phenolic OH excluding ortho intramolecular Hbond substituents is 1. The van der Waals surface area contributed by atoms with Crippen molar-refractivity contribution in [3.05, 3.63) is 32.3 Å². The van der Waals surface area contributed by atoms with E-state index in [1.807, 2.05) is 0 Å². The van der Waals surface area contributed by atoms with Crippen molar-refractivity contribution in [1.82, 2.24) is 0 Å². The van der Waals surface area contributed by atoms with Crippen LogP contribution in [0.1, 0.15) is 18.5 Å². The first-order valence-electron chi connectivity index (χ1n) is 5.52. The average molecular weight is 388 g/mol. The Morgan fingerprint density at radius 2 is 2.19 bits per heavy atom. The predicted octanol–water partition coefficient (Wildman–Crippen LogP) is 2.39. The molecule has 0 aliphatic carbocycles. The largest absolute Gasteiger partial charge is 0.502 e. The van der Waals surface area contributed by atoms with Gasteiger partial charge in [0.1, 0.15) is 0 Å². The Morgan fingerprint density at radius 3 is 2.67 bits per heavy atom. The van der Waals surface area contributed by atoms with Gasteiger partial charge in [-0.3, -0.25) is 10.1 Å². The van der Waals surface area contributed by atoms with Gasteiger partial charge in [0.25, 0.3) is 0 Å². The number of nitrogens with two attached hydrogens (primary N) is 1. The van der Waals surface area contributed by atoms with Crippen LogP contribution in [0, 0.1) is 10.1 Å². The number of carbonyl (C=O) groups is 1. The molecule has 0 saturated carbocycles. The molecule has 0 amide bonds. The Morgan fingerprint density at radius 1 is 1.62 bits per heavy atom. The maximum absolute atomic E-state index is 13.8. The number of alkyl halides is 1. The SMILES string of the molecule is CCOC(=O)C(F)[C@@H](N)c1cc(Br)cc([N+](=O)[O-])c1O.Cl. The zero-order chi connectivity index (χ0) is 15.4. The molecule has 1 aromatic carbocycles. The minimum absolute atomic E-state index is 0. The lowest BCUT2D eigenvalue weighted by Gasteiger charge is -2.17. The molecule has 0 radical (unpaired) electrons. The van der Waals surface area contributed by atoms with E-state index in [0.29, 0.717) is 0 Å². The fourth-order valence-electron chi connectivity index (χ4n) is 1.52. The van der Waals surface area contributed by atoms with E-state index in [2.05, 4.69) is 20.7 Å². The predicted molar refractivity (Wildman–Crippen MR) is 78.2 cm³/mol. The minimum atomic E-state index is -2.24. The van der Waals surface area contributed by atoms with Crippen molar-refractivity contribution in [1.29, 1.82) is 0 Å². The highest BCUT2D eigenvalue weighted by Gasteiger charge is 2.32. The van der Waals surface area contributed by atoms with Gasteiger partial charge in [-0.2, -0.15) is 0 Å². The highest BCUT2D eigenvalue weighted by molar-refractivity contribution is 9.10. The number of hydrogen-bond donors (Lipinski definition) is 2. The van der Waals surface area contributed by atoms with Crippen molar-refractivity contribution in [3.63, 3.8) is 0 Å². The smallest absolute Gasteiger partial charge is 0.342 e. The van der Waals surface area contributed by atoms with E-state index in [1.54, 1.807) is 0 Å². The van der Waals surface area contributed by atoms with Crippen LogP contribution < -0.4 is 5.73 Å². The lowest BCUT2D eigenvalue weighted by molar-refractivity contribution is -0.386. The molecule has 0 aliphatic rings. The van der Waals surface area contributed by atoms with Gasteiger partial charge in [0, 0.05) is 16.1 Å². The van der Waals surface area contributed by atoms with Crippen LogP contribution in [0.2, 0.25) is 0 Å². The average Bonchev–Trinajstić information content (AvgIpc) is 2.39. The number of nitro groups is 1. The molecule has 0 spiro atoms. The van der Waals surface area contributed by atoms with Gasteiger partial charge in [0.2, 0.25) is 6.17 Å². The molecule has 0 bridgehead atoms. The standard InChI is InChI=1S/C11H12BrFN2O5.ClH/c1-2-20-11(17)8(13)9(14)6-3-5(12)4-7(10(6)16)15(18)19;/h3-4,8-9,16H,2,14H2,1H3;1H/t8?,9-;/m0./s1. The third kappa shape index (κ3) is 4.51. The molecule has 1 unspecified atom stereocenters. The van der Waals surface area contributed by atoms with Gasteiger partial charge in [-0.05, 0) is 13.0 Å². The second kappa shape index (κ2) is 8.11. The summed E-state index contributed by atoms with van der Waals surface area (Å²) in [6.45, 7) is 1.47. The van der Waals surface area contributed by atoms with Gasteiger partial charge in [-0.15, -0.1) is 12.4 Å². The molecule has 2 atom stereocenters. The summed E-state index contributed by atoms with van der Waals surface area (Å²) in [5, 5.41) is 20.5. The third-order valence-electron chi connectivity index (χ3n) is 2.47. The Kier molecular flexibility index (Phi) is 7.55. The highest BCUT2D eigenvalue weighted by atomic mass is 79.9. The van der Waals surface area contributed by atoms with E-state index < -0.39 is 34.5 Å². The fraction of sp³-hybridized carbons (Fsp3) is 0.364.